The lowest BCUT2D eigenvalue weighted by molar-refractivity contribution is 0.0949. The van der Waals surface area contributed by atoms with Crippen LogP contribution in [0, 0.1) is 6.92 Å². The molecular formula is C21H26N6O2. The van der Waals surface area contributed by atoms with Gasteiger partial charge in [-0.25, -0.2) is 14.6 Å². The second-order valence-corrected chi connectivity index (χ2v) is 7.50. The second kappa shape index (κ2) is 8.16. The molecule has 1 aromatic carbocycles. The molecule has 1 saturated heterocycles. The van der Waals surface area contributed by atoms with Crippen molar-refractivity contribution in [1.29, 1.82) is 0 Å². The van der Waals surface area contributed by atoms with Gasteiger partial charge in [-0.3, -0.25) is 4.79 Å². The number of fused-ring (bicyclic) bond motifs is 1. The molecule has 1 fully saturated rings. The first-order valence-corrected chi connectivity index (χ1v) is 9.86. The lowest BCUT2D eigenvalue weighted by Gasteiger charge is -2.11. The van der Waals surface area contributed by atoms with E-state index in [-0.39, 0.29) is 5.91 Å². The molecule has 152 valence electrons. The van der Waals surface area contributed by atoms with E-state index < -0.39 is 0 Å². The van der Waals surface area contributed by atoms with Crippen LogP contribution in [0.2, 0.25) is 0 Å². The number of hydrogen-bond donors (Lipinski definition) is 1. The number of amides is 1. The molecule has 0 aliphatic carbocycles. The minimum Gasteiger partial charge on any atom is -0.496 e. The SMILES string of the molecule is COc1c(C)cccc1C(=O)NCCn1nc([C@@H]2CCN(C)C2)c2nccnc21. The van der Waals surface area contributed by atoms with Crippen LogP contribution in [0.15, 0.2) is 30.6 Å². The van der Waals surface area contributed by atoms with E-state index in [4.69, 9.17) is 9.84 Å². The van der Waals surface area contributed by atoms with Crippen molar-refractivity contribution < 1.29 is 9.53 Å². The molecule has 4 rings (SSSR count). The molecule has 1 aliphatic rings. The predicted molar refractivity (Wildman–Crippen MR) is 110 cm³/mol. The fourth-order valence-corrected chi connectivity index (χ4v) is 3.99. The molecule has 1 atom stereocenters. The van der Waals surface area contributed by atoms with Gasteiger partial charge in [0.25, 0.3) is 5.91 Å². The topological polar surface area (TPSA) is 85.2 Å². The number of methoxy groups -OCH3 is 1. The van der Waals surface area contributed by atoms with Gasteiger partial charge in [-0.05, 0) is 38.6 Å². The van der Waals surface area contributed by atoms with Crippen LogP contribution in [0.4, 0.5) is 0 Å². The fraction of sp³-hybridized carbons (Fsp3) is 0.429. The zero-order valence-electron chi connectivity index (χ0n) is 17.1. The Morgan fingerprint density at radius 3 is 2.90 bits per heavy atom. The normalized spacial score (nSPS) is 17.0. The number of likely N-dealkylation sites (N-methyl/N-ethyl adjacent to an activating group) is 1. The van der Waals surface area contributed by atoms with Gasteiger partial charge < -0.3 is 15.0 Å². The Morgan fingerprint density at radius 1 is 1.31 bits per heavy atom. The molecule has 8 heteroatoms. The van der Waals surface area contributed by atoms with Gasteiger partial charge in [0.1, 0.15) is 11.3 Å². The molecular weight excluding hydrogens is 368 g/mol. The number of aryl methyl sites for hydroxylation is 1. The van der Waals surface area contributed by atoms with Crippen molar-refractivity contribution in [2.45, 2.75) is 25.8 Å². The first kappa shape index (κ1) is 19.3. The number of ether oxygens (including phenoxy) is 1. The summed E-state index contributed by atoms with van der Waals surface area (Å²) in [6.45, 7) is 4.93. The van der Waals surface area contributed by atoms with Gasteiger partial charge >= 0.3 is 0 Å². The predicted octanol–water partition coefficient (Wildman–Crippen LogP) is 1.99. The molecule has 29 heavy (non-hydrogen) atoms. The zero-order chi connectivity index (χ0) is 20.4. The van der Waals surface area contributed by atoms with Gasteiger partial charge in [-0.15, -0.1) is 0 Å². The van der Waals surface area contributed by atoms with E-state index in [1.807, 2.05) is 23.7 Å². The van der Waals surface area contributed by atoms with Gasteiger partial charge in [0.05, 0.1) is 24.9 Å². The third kappa shape index (κ3) is 3.80. The van der Waals surface area contributed by atoms with Crippen LogP contribution in [0.5, 0.6) is 5.75 Å². The Morgan fingerprint density at radius 2 is 2.14 bits per heavy atom. The van der Waals surface area contributed by atoms with Crippen molar-refractivity contribution >= 4 is 17.1 Å². The van der Waals surface area contributed by atoms with E-state index in [2.05, 4.69) is 27.2 Å². The van der Waals surface area contributed by atoms with Gasteiger partial charge in [0.2, 0.25) is 0 Å². The van der Waals surface area contributed by atoms with Crippen LogP contribution in [-0.4, -0.2) is 64.3 Å². The maximum absolute atomic E-state index is 12.6. The minimum absolute atomic E-state index is 0.161. The minimum atomic E-state index is -0.161. The van der Waals surface area contributed by atoms with Crippen molar-refractivity contribution in [3.8, 4) is 5.75 Å². The lowest BCUT2D eigenvalue weighted by Crippen LogP contribution is -2.28. The van der Waals surface area contributed by atoms with Gasteiger partial charge in [-0.2, -0.15) is 5.10 Å². The number of nitrogens with one attached hydrogen (secondary N) is 1. The largest absolute Gasteiger partial charge is 0.496 e. The smallest absolute Gasteiger partial charge is 0.255 e. The van der Waals surface area contributed by atoms with E-state index in [0.717, 1.165) is 41.9 Å². The highest BCUT2D eigenvalue weighted by Crippen LogP contribution is 2.29. The standard InChI is InChI=1S/C21H26N6O2/c1-14-5-4-6-16(19(14)29-3)21(28)24-10-12-27-20-18(22-8-9-23-20)17(25-27)15-7-11-26(2)13-15/h4-6,8-9,15H,7,10-13H2,1-3H3,(H,24,28)/t15-/m1/s1. The maximum atomic E-state index is 12.6. The summed E-state index contributed by atoms with van der Waals surface area (Å²) in [5.41, 5.74) is 4.09. The average Bonchev–Trinajstić information content (AvgIpc) is 3.31. The highest BCUT2D eigenvalue weighted by atomic mass is 16.5. The first-order chi connectivity index (χ1) is 14.1. The molecule has 8 nitrogen and oxygen atoms in total. The number of aromatic nitrogens is 4. The first-order valence-electron chi connectivity index (χ1n) is 9.86. The van der Waals surface area contributed by atoms with Crippen LogP contribution in [0.3, 0.4) is 0 Å². The summed E-state index contributed by atoms with van der Waals surface area (Å²) in [5, 5.41) is 7.78. The second-order valence-electron chi connectivity index (χ2n) is 7.50. The van der Waals surface area contributed by atoms with Crippen molar-refractivity contribution in [3.63, 3.8) is 0 Å². The van der Waals surface area contributed by atoms with Crippen molar-refractivity contribution in [3.05, 3.63) is 47.4 Å². The maximum Gasteiger partial charge on any atom is 0.255 e. The number of carbonyl (C=O) groups excluding carboxylic acids is 1. The van der Waals surface area contributed by atoms with Crippen LogP contribution >= 0.6 is 0 Å². The summed E-state index contributed by atoms with van der Waals surface area (Å²) in [7, 11) is 3.70. The Balaban J connectivity index is 1.49. The Bertz CT molecular complexity index is 1030. The zero-order valence-corrected chi connectivity index (χ0v) is 17.1. The monoisotopic (exact) mass is 394 g/mol. The van der Waals surface area contributed by atoms with Crippen molar-refractivity contribution in [2.24, 2.45) is 0 Å². The van der Waals surface area contributed by atoms with E-state index in [9.17, 15) is 4.79 Å². The summed E-state index contributed by atoms with van der Waals surface area (Å²) in [5.74, 6) is 0.811. The van der Waals surface area contributed by atoms with E-state index in [0.29, 0.717) is 30.3 Å². The molecule has 1 aliphatic heterocycles. The number of likely N-dealkylation sites (tertiary alicyclic amines) is 1. The van der Waals surface area contributed by atoms with Gasteiger partial charge in [0, 0.05) is 31.4 Å². The number of nitrogens with zero attached hydrogens (tertiary/aromatic N) is 5. The summed E-state index contributed by atoms with van der Waals surface area (Å²) >= 11 is 0. The molecule has 0 radical (unpaired) electrons. The molecule has 3 aromatic rings. The highest BCUT2D eigenvalue weighted by Gasteiger charge is 2.27. The van der Waals surface area contributed by atoms with Crippen LogP contribution in [-0.2, 0) is 6.54 Å². The molecule has 2 aromatic heterocycles. The van der Waals surface area contributed by atoms with Crippen LogP contribution in [0.25, 0.3) is 11.2 Å². The van der Waals surface area contributed by atoms with E-state index >= 15 is 0 Å². The fourth-order valence-electron chi connectivity index (χ4n) is 3.99. The van der Waals surface area contributed by atoms with Crippen molar-refractivity contribution in [2.75, 3.05) is 33.8 Å². The Kier molecular flexibility index (Phi) is 5.44. The quantitative estimate of drug-likeness (QED) is 0.688. The van der Waals surface area contributed by atoms with Gasteiger partial charge in [-0.1, -0.05) is 12.1 Å². The lowest BCUT2D eigenvalue weighted by atomic mass is 10.0. The summed E-state index contributed by atoms with van der Waals surface area (Å²) in [6, 6.07) is 5.55. The van der Waals surface area contributed by atoms with Crippen LogP contribution < -0.4 is 10.1 Å². The van der Waals surface area contributed by atoms with E-state index in [1.54, 1.807) is 25.6 Å². The molecule has 0 saturated carbocycles. The highest BCUT2D eigenvalue weighted by molar-refractivity contribution is 5.97. The number of para-hydroxylation sites is 1. The number of benzene rings is 1. The molecule has 1 N–H and O–H groups in total. The summed E-state index contributed by atoms with van der Waals surface area (Å²) in [4.78, 5) is 23.9. The van der Waals surface area contributed by atoms with Crippen LogP contribution in [0.1, 0.15) is 34.0 Å². The Hall–Kier alpha value is -3.00. The molecule has 0 unspecified atom stereocenters. The summed E-state index contributed by atoms with van der Waals surface area (Å²) < 4.78 is 7.24. The third-order valence-electron chi connectivity index (χ3n) is 5.44. The molecule has 1 amide bonds. The number of hydrogen-bond acceptors (Lipinski definition) is 6. The number of carbonyl (C=O) groups is 1. The average molecular weight is 394 g/mol. The Labute approximate surface area is 169 Å². The third-order valence-corrected chi connectivity index (χ3v) is 5.44. The molecule has 3 heterocycles. The van der Waals surface area contributed by atoms with E-state index in [1.165, 1.54) is 0 Å². The molecule has 0 bridgehead atoms. The molecule has 0 spiro atoms. The van der Waals surface area contributed by atoms with Crippen molar-refractivity contribution in [1.82, 2.24) is 30.0 Å². The summed E-state index contributed by atoms with van der Waals surface area (Å²) in [6.07, 6.45) is 4.46. The number of rotatable bonds is 6. The van der Waals surface area contributed by atoms with Gasteiger partial charge in [0.15, 0.2) is 5.65 Å².